The Morgan fingerprint density at radius 3 is 2.42 bits per heavy atom. The molecule has 0 heterocycles. The van der Waals surface area contributed by atoms with Crippen molar-refractivity contribution in [1.29, 1.82) is 0 Å². The quantitative estimate of drug-likeness (QED) is 0.793. The number of esters is 1. The molecule has 0 aliphatic heterocycles. The molecule has 0 aliphatic carbocycles. The molecule has 0 bridgehead atoms. The summed E-state index contributed by atoms with van der Waals surface area (Å²) < 4.78 is 16.0. The smallest absolute Gasteiger partial charge is 0.338 e. The van der Waals surface area contributed by atoms with Crippen LogP contribution in [0, 0.1) is 0 Å². The van der Waals surface area contributed by atoms with Gasteiger partial charge >= 0.3 is 5.97 Å². The number of allylic oxidation sites excluding steroid dienone is 1. The Bertz CT molecular complexity index is 865. The molecule has 0 aliphatic rings. The predicted molar refractivity (Wildman–Crippen MR) is 94.4 cm³/mol. The third kappa shape index (κ3) is 4.04. The van der Waals surface area contributed by atoms with Crippen molar-refractivity contribution in [2.45, 2.75) is 6.92 Å². The van der Waals surface area contributed by atoms with Gasteiger partial charge in [-0.15, -0.1) is 0 Å². The standard InChI is InChI=1S/C20H20O4/c1-5-8-19(18-10-7-6-9-14(18)2)24-17-12-15(20(21)23-4)11-16(13-17)22-3/h5-13H,2H2,1,3-4H3/b8-5-,19-18+. The summed E-state index contributed by atoms with van der Waals surface area (Å²) in [5.74, 6) is 1.16. The first-order chi connectivity index (χ1) is 11.6. The van der Waals surface area contributed by atoms with E-state index in [1.54, 1.807) is 18.2 Å². The van der Waals surface area contributed by atoms with Gasteiger partial charge in [0, 0.05) is 11.3 Å². The van der Waals surface area contributed by atoms with Crippen LogP contribution in [-0.4, -0.2) is 20.2 Å². The Morgan fingerprint density at radius 2 is 1.79 bits per heavy atom. The van der Waals surface area contributed by atoms with Gasteiger partial charge in [0.1, 0.15) is 17.3 Å². The van der Waals surface area contributed by atoms with Gasteiger partial charge in [0.05, 0.1) is 19.8 Å². The summed E-state index contributed by atoms with van der Waals surface area (Å²) in [6, 6.07) is 12.6. The number of hydrogen-bond donors (Lipinski definition) is 0. The van der Waals surface area contributed by atoms with Gasteiger partial charge in [0.25, 0.3) is 0 Å². The normalized spacial score (nSPS) is 12.0. The predicted octanol–water partition coefficient (Wildman–Crippen LogP) is 2.66. The average Bonchev–Trinajstić information content (AvgIpc) is 2.60. The zero-order chi connectivity index (χ0) is 17.5. The number of carbonyl (C=O) groups excluding carboxylic acids is 1. The lowest BCUT2D eigenvalue weighted by molar-refractivity contribution is 0.0600. The van der Waals surface area contributed by atoms with Crippen LogP contribution in [-0.2, 0) is 4.74 Å². The summed E-state index contributed by atoms with van der Waals surface area (Å²) in [7, 11) is 2.86. The Labute approximate surface area is 141 Å². The molecule has 0 radical (unpaired) electrons. The molecular weight excluding hydrogens is 304 g/mol. The van der Waals surface area contributed by atoms with E-state index < -0.39 is 5.97 Å². The molecule has 4 nitrogen and oxygen atoms in total. The van der Waals surface area contributed by atoms with Crippen LogP contribution in [0.15, 0.2) is 54.6 Å². The van der Waals surface area contributed by atoms with Crippen molar-refractivity contribution in [1.82, 2.24) is 0 Å². The Kier molecular flexibility index (Phi) is 5.79. The molecule has 2 aromatic carbocycles. The van der Waals surface area contributed by atoms with Crippen LogP contribution in [0.25, 0.3) is 12.3 Å². The van der Waals surface area contributed by atoms with E-state index in [0.29, 0.717) is 22.8 Å². The fraction of sp³-hybridized carbons (Fsp3) is 0.150. The van der Waals surface area contributed by atoms with E-state index in [9.17, 15) is 4.79 Å². The molecule has 24 heavy (non-hydrogen) atoms. The van der Waals surface area contributed by atoms with Crippen molar-refractivity contribution >= 4 is 18.3 Å². The van der Waals surface area contributed by atoms with E-state index in [-0.39, 0.29) is 0 Å². The van der Waals surface area contributed by atoms with Gasteiger partial charge in [-0.05, 0) is 30.4 Å². The minimum atomic E-state index is -0.455. The highest BCUT2D eigenvalue weighted by molar-refractivity contribution is 5.90. The Hall–Kier alpha value is -3.01. The molecule has 0 aromatic heterocycles. The van der Waals surface area contributed by atoms with Gasteiger partial charge in [-0.25, -0.2) is 4.79 Å². The number of hydrogen-bond acceptors (Lipinski definition) is 4. The van der Waals surface area contributed by atoms with Gasteiger partial charge in [0.2, 0.25) is 0 Å². The van der Waals surface area contributed by atoms with E-state index in [4.69, 9.17) is 14.2 Å². The maximum atomic E-state index is 11.8. The van der Waals surface area contributed by atoms with E-state index in [0.717, 1.165) is 10.4 Å². The van der Waals surface area contributed by atoms with Gasteiger partial charge in [-0.3, -0.25) is 0 Å². The zero-order valence-corrected chi connectivity index (χ0v) is 14.0. The van der Waals surface area contributed by atoms with E-state index >= 15 is 0 Å². The molecule has 0 atom stereocenters. The van der Waals surface area contributed by atoms with Crippen molar-refractivity contribution in [3.05, 3.63) is 70.6 Å². The van der Waals surface area contributed by atoms with Crippen molar-refractivity contribution in [3.63, 3.8) is 0 Å². The fourth-order valence-corrected chi connectivity index (χ4v) is 2.20. The summed E-state index contributed by atoms with van der Waals surface area (Å²) in [6.07, 6.45) is 3.73. The lowest BCUT2D eigenvalue weighted by Crippen LogP contribution is -2.26. The first-order valence-electron chi connectivity index (χ1n) is 7.45. The van der Waals surface area contributed by atoms with Crippen LogP contribution >= 0.6 is 0 Å². The molecule has 0 N–H and O–H groups in total. The first-order valence-corrected chi connectivity index (χ1v) is 7.45. The Morgan fingerprint density at radius 1 is 1.08 bits per heavy atom. The van der Waals surface area contributed by atoms with Crippen molar-refractivity contribution in [3.8, 4) is 11.5 Å². The van der Waals surface area contributed by atoms with Crippen LogP contribution in [0.3, 0.4) is 0 Å². The maximum absolute atomic E-state index is 11.8. The molecule has 2 rings (SSSR count). The molecule has 4 heteroatoms. The third-order valence-electron chi connectivity index (χ3n) is 3.37. The molecule has 0 spiro atoms. The van der Waals surface area contributed by atoms with Crippen LogP contribution in [0.5, 0.6) is 11.5 Å². The monoisotopic (exact) mass is 324 g/mol. The van der Waals surface area contributed by atoms with Gasteiger partial charge < -0.3 is 14.2 Å². The largest absolute Gasteiger partial charge is 0.497 e. The second-order valence-electron chi connectivity index (χ2n) is 5.01. The highest BCUT2D eigenvalue weighted by Gasteiger charge is 2.11. The third-order valence-corrected chi connectivity index (χ3v) is 3.37. The molecule has 0 unspecified atom stereocenters. The number of ether oxygens (including phenoxy) is 3. The van der Waals surface area contributed by atoms with Gasteiger partial charge in [0.15, 0.2) is 0 Å². The molecule has 0 fully saturated rings. The molecule has 0 saturated heterocycles. The molecule has 2 aromatic rings. The first kappa shape index (κ1) is 17.3. The minimum Gasteiger partial charge on any atom is -0.497 e. The van der Waals surface area contributed by atoms with Crippen molar-refractivity contribution < 1.29 is 19.0 Å². The SMILES string of the molecule is C=c1cccc/c1=C(/C=C\C)Oc1cc(OC)cc(C(=O)OC)c1. The highest BCUT2D eigenvalue weighted by Crippen LogP contribution is 2.25. The lowest BCUT2D eigenvalue weighted by atomic mass is 10.2. The van der Waals surface area contributed by atoms with Crippen LogP contribution in [0.4, 0.5) is 0 Å². The van der Waals surface area contributed by atoms with Crippen LogP contribution < -0.4 is 19.9 Å². The maximum Gasteiger partial charge on any atom is 0.338 e. The summed E-state index contributed by atoms with van der Waals surface area (Å²) in [5.41, 5.74) is 0.356. The van der Waals surface area contributed by atoms with Crippen molar-refractivity contribution in [2.24, 2.45) is 0 Å². The molecule has 0 amide bonds. The topological polar surface area (TPSA) is 44.8 Å². The summed E-state index contributed by atoms with van der Waals surface area (Å²) in [5, 5.41) is 1.72. The fourth-order valence-electron chi connectivity index (χ4n) is 2.20. The number of benzene rings is 2. The number of carbonyl (C=O) groups is 1. The minimum absolute atomic E-state index is 0.356. The second-order valence-corrected chi connectivity index (χ2v) is 5.01. The molecular formula is C20H20O4. The van der Waals surface area contributed by atoms with Crippen LogP contribution in [0.1, 0.15) is 17.3 Å². The lowest BCUT2D eigenvalue weighted by Gasteiger charge is -2.11. The van der Waals surface area contributed by atoms with Crippen LogP contribution in [0.2, 0.25) is 0 Å². The summed E-state index contributed by atoms with van der Waals surface area (Å²) in [4.78, 5) is 11.8. The average molecular weight is 324 g/mol. The number of rotatable bonds is 5. The van der Waals surface area contributed by atoms with Gasteiger partial charge in [-0.2, -0.15) is 0 Å². The molecule has 0 saturated carbocycles. The van der Waals surface area contributed by atoms with E-state index in [2.05, 4.69) is 6.58 Å². The van der Waals surface area contributed by atoms with Crippen molar-refractivity contribution in [2.75, 3.05) is 14.2 Å². The zero-order valence-electron chi connectivity index (χ0n) is 14.0. The second kappa shape index (κ2) is 8.02. The Balaban J connectivity index is 2.56. The van der Waals surface area contributed by atoms with Gasteiger partial charge in [-0.1, -0.05) is 36.9 Å². The summed E-state index contributed by atoms with van der Waals surface area (Å²) in [6.45, 7) is 5.93. The number of methoxy groups -OCH3 is 2. The highest BCUT2D eigenvalue weighted by atomic mass is 16.5. The van der Waals surface area contributed by atoms with E-state index in [1.165, 1.54) is 14.2 Å². The molecule has 124 valence electrons. The summed E-state index contributed by atoms with van der Waals surface area (Å²) >= 11 is 0. The van der Waals surface area contributed by atoms with E-state index in [1.807, 2.05) is 43.3 Å².